The third-order valence-electron chi connectivity index (χ3n) is 4.14. The second-order valence-electron chi connectivity index (χ2n) is 7.53. The summed E-state index contributed by atoms with van der Waals surface area (Å²) in [5.74, 6) is 0.577. The lowest BCUT2D eigenvalue weighted by Gasteiger charge is -2.22. The molecule has 136 valence electrons. The molecule has 0 unspecified atom stereocenters. The van der Waals surface area contributed by atoms with Crippen LogP contribution in [0.4, 0.5) is 13.2 Å². The van der Waals surface area contributed by atoms with Crippen LogP contribution in [0.3, 0.4) is 0 Å². The Kier molecular flexibility index (Phi) is 5.68. The summed E-state index contributed by atoms with van der Waals surface area (Å²) in [4.78, 5) is 0. The van der Waals surface area contributed by atoms with E-state index in [4.69, 9.17) is 4.74 Å². The Morgan fingerprint density at radius 1 is 1.25 bits per heavy atom. The van der Waals surface area contributed by atoms with Gasteiger partial charge in [0.25, 0.3) is 0 Å². The van der Waals surface area contributed by atoms with Gasteiger partial charge in [-0.2, -0.15) is 13.2 Å². The number of benzene rings is 1. The van der Waals surface area contributed by atoms with Gasteiger partial charge in [0.05, 0.1) is 12.2 Å². The second kappa shape index (κ2) is 7.06. The van der Waals surface area contributed by atoms with E-state index in [9.17, 15) is 17.4 Å². The minimum atomic E-state index is -4.44. The summed E-state index contributed by atoms with van der Waals surface area (Å²) >= 11 is 0. The third-order valence-corrected chi connectivity index (χ3v) is 6.30. The molecule has 0 aliphatic heterocycles. The van der Waals surface area contributed by atoms with Gasteiger partial charge in [-0.05, 0) is 63.1 Å². The maximum atomic E-state index is 13.2. The number of ether oxygens (including phenoxy) is 1. The Bertz CT molecular complexity index is 601. The molecule has 0 N–H and O–H groups in total. The van der Waals surface area contributed by atoms with Crippen LogP contribution in [0.5, 0.6) is 5.75 Å². The predicted octanol–water partition coefficient (Wildman–Crippen LogP) is 5.14. The fraction of sp³-hybridized carbons (Fsp3) is 0.667. The Morgan fingerprint density at radius 2 is 1.88 bits per heavy atom. The topological polar surface area (TPSA) is 26.3 Å². The van der Waals surface area contributed by atoms with Crippen LogP contribution < -0.4 is 4.74 Å². The average molecular weight is 362 g/mol. The van der Waals surface area contributed by atoms with E-state index in [1.54, 1.807) is 0 Å². The smallest absolute Gasteiger partial charge is 0.419 e. The van der Waals surface area contributed by atoms with Gasteiger partial charge >= 0.3 is 6.18 Å². The van der Waals surface area contributed by atoms with Gasteiger partial charge in [-0.1, -0.05) is 13.0 Å². The first-order chi connectivity index (χ1) is 11.0. The van der Waals surface area contributed by atoms with E-state index < -0.39 is 22.5 Å². The van der Waals surface area contributed by atoms with E-state index in [1.165, 1.54) is 12.1 Å². The van der Waals surface area contributed by atoms with Crippen molar-refractivity contribution in [3.63, 3.8) is 0 Å². The van der Waals surface area contributed by atoms with E-state index in [1.807, 2.05) is 27.7 Å². The van der Waals surface area contributed by atoms with Gasteiger partial charge < -0.3 is 4.74 Å². The lowest BCUT2D eigenvalue weighted by atomic mass is 10.0. The molecule has 24 heavy (non-hydrogen) atoms. The van der Waals surface area contributed by atoms with Crippen molar-refractivity contribution in [1.82, 2.24) is 0 Å². The summed E-state index contributed by atoms with van der Waals surface area (Å²) in [5.41, 5.74) is -0.0116. The Hall–Kier alpha value is -1.04. The predicted molar refractivity (Wildman–Crippen MR) is 90.8 cm³/mol. The molecule has 1 saturated carbocycles. The van der Waals surface area contributed by atoms with Gasteiger partial charge in [0.1, 0.15) is 5.75 Å². The Balaban J connectivity index is 2.20. The molecule has 1 aromatic carbocycles. The van der Waals surface area contributed by atoms with Crippen molar-refractivity contribution in [2.24, 2.45) is 5.92 Å². The molecular formula is C18H25F3O2S. The van der Waals surface area contributed by atoms with Crippen LogP contribution in [0.15, 0.2) is 18.2 Å². The van der Waals surface area contributed by atoms with E-state index in [0.717, 1.165) is 24.5 Å². The van der Waals surface area contributed by atoms with Crippen LogP contribution in [0, 0.1) is 5.92 Å². The quantitative estimate of drug-likeness (QED) is 0.700. The van der Waals surface area contributed by atoms with Crippen LogP contribution in [0.2, 0.25) is 0 Å². The van der Waals surface area contributed by atoms with E-state index >= 15 is 0 Å². The highest BCUT2D eigenvalue weighted by Gasteiger charge is 2.35. The van der Waals surface area contributed by atoms with Crippen molar-refractivity contribution in [2.75, 3.05) is 12.4 Å². The first-order valence-corrected chi connectivity index (χ1v) is 9.53. The molecule has 0 spiro atoms. The summed E-state index contributed by atoms with van der Waals surface area (Å²) in [6.45, 7) is 7.90. The van der Waals surface area contributed by atoms with Gasteiger partial charge in [-0.25, -0.2) is 0 Å². The maximum absolute atomic E-state index is 13.2. The van der Waals surface area contributed by atoms with Crippen molar-refractivity contribution < 1.29 is 22.1 Å². The minimum absolute atomic E-state index is 0.101. The van der Waals surface area contributed by atoms with Crippen LogP contribution in [0.25, 0.3) is 0 Å². The number of hydrogen-bond acceptors (Lipinski definition) is 2. The van der Waals surface area contributed by atoms with Gasteiger partial charge in [0.15, 0.2) is 0 Å². The summed E-state index contributed by atoms with van der Waals surface area (Å²) in [7, 11) is -1.06. The number of rotatable bonds is 6. The molecule has 2 atom stereocenters. The molecule has 0 saturated heterocycles. The van der Waals surface area contributed by atoms with E-state index in [-0.39, 0.29) is 16.4 Å². The molecular weight excluding hydrogens is 337 g/mol. The summed E-state index contributed by atoms with van der Waals surface area (Å²) in [6, 6.07) is 4.02. The van der Waals surface area contributed by atoms with Crippen molar-refractivity contribution in [3.8, 4) is 5.75 Å². The molecule has 1 aliphatic carbocycles. The normalized spacial score (nSPS) is 18.3. The SMILES string of the molecule is C[C@H](C[S@@](=O)C(C)(C)C)c1ccc(C(F)(F)F)c(OCC2CC2)c1. The molecule has 1 fully saturated rings. The molecule has 1 aromatic rings. The Morgan fingerprint density at radius 3 is 2.38 bits per heavy atom. The zero-order chi connectivity index (χ0) is 18.1. The summed E-state index contributed by atoms with van der Waals surface area (Å²) < 4.78 is 56.9. The first kappa shape index (κ1) is 19.3. The average Bonchev–Trinajstić information content (AvgIpc) is 3.26. The molecule has 0 amide bonds. The van der Waals surface area contributed by atoms with Crippen molar-refractivity contribution in [3.05, 3.63) is 29.3 Å². The van der Waals surface area contributed by atoms with Crippen LogP contribution in [-0.4, -0.2) is 21.3 Å². The van der Waals surface area contributed by atoms with Gasteiger partial charge in [0, 0.05) is 21.3 Å². The highest BCUT2D eigenvalue weighted by molar-refractivity contribution is 7.86. The summed E-state index contributed by atoms with van der Waals surface area (Å²) in [6.07, 6.45) is -2.40. The highest BCUT2D eigenvalue weighted by atomic mass is 32.2. The zero-order valence-electron chi connectivity index (χ0n) is 14.6. The summed E-state index contributed by atoms with van der Waals surface area (Å²) in [5, 5.41) is 0. The van der Waals surface area contributed by atoms with E-state index in [2.05, 4.69) is 0 Å². The monoisotopic (exact) mass is 362 g/mol. The number of hydrogen-bond donors (Lipinski definition) is 0. The van der Waals surface area contributed by atoms with E-state index in [0.29, 0.717) is 18.3 Å². The van der Waals surface area contributed by atoms with Crippen LogP contribution in [0.1, 0.15) is 57.6 Å². The zero-order valence-corrected chi connectivity index (χ0v) is 15.4. The fourth-order valence-corrected chi connectivity index (χ4v) is 3.41. The first-order valence-electron chi connectivity index (χ1n) is 8.21. The maximum Gasteiger partial charge on any atom is 0.419 e. The minimum Gasteiger partial charge on any atom is -0.493 e. The highest BCUT2D eigenvalue weighted by Crippen LogP contribution is 2.39. The molecule has 6 heteroatoms. The van der Waals surface area contributed by atoms with Crippen molar-refractivity contribution in [2.45, 2.75) is 57.4 Å². The van der Waals surface area contributed by atoms with Crippen LogP contribution in [-0.2, 0) is 17.0 Å². The van der Waals surface area contributed by atoms with Gasteiger partial charge in [-0.15, -0.1) is 0 Å². The lowest BCUT2D eigenvalue weighted by molar-refractivity contribution is -0.139. The number of halogens is 3. The number of alkyl halides is 3. The third kappa shape index (κ3) is 5.23. The standard InChI is InChI=1S/C18H25F3O2S/c1-12(11-24(22)17(2,3)4)14-7-8-15(18(19,20)21)16(9-14)23-10-13-5-6-13/h7-9,12-13H,5-6,10-11H2,1-4H3/t12-,24-/m1/s1. The van der Waals surface area contributed by atoms with Crippen LogP contribution >= 0.6 is 0 Å². The largest absolute Gasteiger partial charge is 0.493 e. The van der Waals surface area contributed by atoms with Gasteiger partial charge in [0.2, 0.25) is 0 Å². The second-order valence-corrected chi connectivity index (χ2v) is 9.78. The molecule has 0 radical (unpaired) electrons. The van der Waals surface area contributed by atoms with Crippen molar-refractivity contribution >= 4 is 10.8 Å². The van der Waals surface area contributed by atoms with Crippen molar-refractivity contribution in [1.29, 1.82) is 0 Å². The Labute approximate surface area is 144 Å². The molecule has 0 bridgehead atoms. The van der Waals surface area contributed by atoms with Gasteiger partial charge in [-0.3, -0.25) is 4.21 Å². The fourth-order valence-electron chi connectivity index (χ4n) is 2.26. The lowest BCUT2D eigenvalue weighted by Crippen LogP contribution is -2.26. The molecule has 1 aliphatic rings. The molecule has 2 nitrogen and oxygen atoms in total. The molecule has 2 rings (SSSR count). The molecule has 0 heterocycles. The molecule has 0 aromatic heterocycles.